The van der Waals surface area contributed by atoms with Crippen LogP contribution in [-0.2, 0) is 4.74 Å². The van der Waals surface area contributed by atoms with Crippen LogP contribution >= 0.6 is 0 Å². The summed E-state index contributed by atoms with van der Waals surface area (Å²) in [7, 11) is 0. The van der Waals surface area contributed by atoms with Crippen LogP contribution in [0.4, 0.5) is 0 Å². The lowest BCUT2D eigenvalue weighted by Crippen LogP contribution is -2.20. The zero-order chi connectivity index (χ0) is 17.9. The first kappa shape index (κ1) is 16.2. The SMILES string of the molecule is N#CC1=C(N)OC2=C(CCCC(c3ccccc3)=C2)C1c1ccccc1. The number of nitrogens with two attached hydrogens (primary N) is 1. The van der Waals surface area contributed by atoms with Crippen LogP contribution in [0, 0.1) is 11.3 Å². The Morgan fingerprint density at radius 2 is 1.65 bits per heavy atom. The van der Waals surface area contributed by atoms with Crippen LogP contribution in [0.25, 0.3) is 5.57 Å². The third-order valence-electron chi connectivity index (χ3n) is 5.03. The Balaban J connectivity index is 1.83. The minimum absolute atomic E-state index is 0.128. The molecule has 0 aromatic heterocycles. The van der Waals surface area contributed by atoms with Crippen LogP contribution in [0.1, 0.15) is 36.3 Å². The fourth-order valence-corrected chi connectivity index (χ4v) is 3.80. The number of hydrogen-bond donors (Lipinski definition) is 1. The van der Waals surface area contributed by atoms with Gasteiger partial charge in [0.15, 0.2) is 0 Å². The minimum Gasteiger partial charge on any atom is -0.441 e. The predicted molar refractivity (Wildman–Crippen MR) is 102 cm³/mol. The van der Waals surface area contributed by atoms with Gasteiger partial charge in [0, 0.05) is 5.92 Å². The van der Waals surface area contributed by atoms with E-state index >= 15 is 0 Å². The van der Waals surface area contributed by atoms with Crippen molar-refractivity contribution in [2.24, 2.45) is 5.73 Å². The van der Waals surface area contributed by atoms with Crippen molar-refractivity contribution in [2.45, 2.75) is 25.2 Å². The topological polar surface area (TPSA) is 59.0 Å². The Kier molecular flexibility index (Phi) is 4.33. The standard InChI is InChI=1S/C23H20N2O/c24-15-20-22(17-10-5-2-6-11-17)19-13-7-12-18(14-21(19)26-23(20)25)16-8-3-1-4-9-16/h1-6,8-11,14,22H,7,12-13,25H2. The van der Waals surface area contributed by atoms with E-state index in [1.54, 1.807) is 0 Å². The molecule has 3 nitrogen and oxygen atoms in total. The highest BCUT2D eigenvalue weighted by atomic mass is 16.5. The van der Waals surface area contributed by atoms with Crippen molar-refractivity contribution in [1.82, 2.24) is 0 Å². The number of ether oxygens (including phenoxy) is 1. The van der Waals surface area contributed by atoms with E-state index in [9.17, 15) is 5.26 Å². The molecule has 0 spiro atoms. The van der Waals surface area contributed by atoms with Gasteiger partial charge in [0.1, 0.15) is 17.4 Å². The number of hydrogen-bond acceptors (Lipinski definition) is 3. The maximum absolute atomic E-state index is 9.68. The van der Waals surface area contributed by atoms with Gasteiger partial charge in [-0.3, -0.25) is 0 Å². The lowest BCUT2D eigenvalue weighted by atomic mass is 9.81. The molecule has 0 saturated heterocycles. The highest BCUT2D eigenvalue weighted by molar-refractivity contribution is 5.69. The third-order valence-corrected chi connectivity index (χ3v) is 5.03. The molecule has 4 rings (SSSR count). The molecule has 0 radical (unpaired) electrons. The molecule has 2 aromatic rings. The molecule has 1 aliphatic carbocycles. The molecule has 128 valence electrons. The minimum atomic E-state index is -0.128. The van der Waals surface area contributed by atoms with Gasteiger partial charge in [0.25, 0.3) is 0 Å². The van der Waals surface area contributed by atoms with Crippen LogP contribution in [0.5, 0.6) is 0 Å². The van der Waals surface area contributed by atoms with Crippen LogP contribution in [0.2, 0.25) is 0 Å². The van der Waals surface area contributed by atoms with Crippen LogP contribution in [0.3, 0.4) is 0 Å². The fourth-order valence-electron chi connectivity index (χ4n) is 3.80. The molecule has 1 aliphatic heterocycles. The van der Waals surface area contributed by atoms with E-state index in [0.717, 1.165) is 36.2 Å². The van der Waals surface area contributed by atoms with E-state index in [-0.39, 0.29) is 11.8 Å². The highest BCUT2D eigenvalue weighted by Gasteiger charge is 2.32. The summed E-state index contributed by atoms with van der Waals surface area (Å²) in [5, 5.41) is 9.68. The molecule has 0 fully saturated rings. The van der Waals surface area contributed by atoms with E-state index in [4.69, 9.17) is 10.5 Å². The molecule has 3 heteroatoms. The molecule has 2 aromatic carbocycles. The summed E-state index contributed by atoms with van der Waals surface area (Å²) in [6, 6.07) is 22.7. The molecular formula is C23H20N2O. The molecule has 0 saturated carbocycles. The van der Waals surface area contributed by atoms with Gasteiger partial charge in [-0.05, 0) is 47.6 Å². The lowest BCUT2D eigenvalue weighted by molar-refractivity contribution is 0.291. The van der Waals surface area contributed by atoms with E-state index < -0.39 is 0 Å². The Bertz CT molecular complexity index is 947. The van der Waals surface area contributed by atoms with Gasteiger partial charge >= 0.3 is 0 Å². The molecule has 2 aliphatic rings. The molecule has 1 atom stereocenters. The Hall–Kier alpha value is -3.25. The molecule has 0 bridgehead atoms. The summed E-state index contributed by atoms with van der Waals surface area (Å²) >= 11 is 0. The predicted octanol–water partition coefficient (Wildman–Crippen LogP) is 5.02. The van der Waals surface area contributed by atoms with Gasteiger partial charge in [-0.2, -0.15) is 5.26 Å². The largest absolute Gasteiger partial charge is 0.441 e. The smallest absolute Gasteiger partial charge is 0.205 e. The first-order valence-electron chi connectivity index (χ1n) is 8.89. The first-order chi connectivity index (χ1) is 12.8. The molecule has 1 heterocycles. The summed E-state index contributed by atoms with van der Waals surface area (Å²) in [6.45, 7) is 0. The van der Waals surface area contributed by atoms with Crippen molar-refractivity contribution >= 4 is 5.57 Å². The van der Waals surface area contributed by atoms with E-state index in [1.807, 2.05) is 36.4 Å². The zero-order valence-electron chi connectivity index (χ0n) is 14.5. The Morgan fingerprint density at radius 1 is 0.962 bits per heavy atom. The maximum atomic E-state index is 9.68. The number of allylic oxidation sites excluding steroid dienone is 4. The van der Waals surface area contributed by atoms with Crippen molar-refractivity contribution < 1.29 is 4.74 Å². The Labute approximate surface area is 153 Å². The Morgan fingerprint density at radius 3 is 2.35 bits per heavy atom. The second-order valence-corrected chi connectivity index (χ2v) is 6.61. The molecule has 2 N–H and O–H groups in total. The summed E-state index contributed by atoms with van der Waals surface area (Å²) in [5.41, 5.74) is 11.3. The molecule has 0 amide bonds. The summed E-state index contributed by atoms with van der Waals surface area (Å²) in [5.74, 6) is 0.883. The van der Waals surface area contributed by atoms with Crippen molar-refractivity contribution in [3.63, 3.8) is 0 Å². The molecular weight excluding hydrogens is 320 g/mol. The van der Waals surface area contributed by atoms with E-state index in [2.05, 4.69) is 36.4 Å². The summed E-state index contributed by atoms with van der Waals surface area (Å²) < 4.78 is 5.92. The van der Waals surface area contributed by atoms with E-state index in [1.165, 1.54) is 11.1 Å². The summed E-state index contributed by atoms with van der Waals surface area (Å²) in [6.07, 6.45) is 4.99. The highest BCUT2D eigenvalue weighted by Crippen LogP contribution is 2.44. The number of rotatable bonds is 2. The third kappa shape index (κ3) is 2.91. The van der Waals surface area contributed by atoms with Gasteiger partial charge in [0.05, 0.1) is 0 Å². The monoisotopic (exact) mass is 340 g/mol. The average Bonchev–Trinajstić information content (AvgIpc) is 2.90. The second-order valence-electron chi connectivity index (χ2n) is 6.61. The second kappa shape index (κ2) is 6.93. The number of benzene rings is 2. The first-order valence-corrected chi connectivity index (χ1v) is 8.89. The van der Waals surface area contributed by atoms with Gasteiger partial charge in [-0.15, -0.1) is 0 Å². The zero-order valence-corrected chi connectivity index (χ0v) is 14.5. The van der Waals surface area contributed by atoms with Crippen molar-refractivity contribution in [1.29, 1.82) is 5.26 Å². The maximum Gasteiger partial charge on any atom is 0.205 e. The molecule has 1 unspecified atom stereocenters. The van der Waals surface area contributed by atoms with Gasteiger partial charge < -0.3 is 10.5 Å². The van der Waals surface area contributed by atoms with Gasteiger partial charge in [-0.1, -0.05) is 60.7 Å². The summed E-state index contributed by atoms with van der Waals surface area (Å²) in [4.78, 5) is 0. The average molecular weight is 340 g/mol. The van der Waals surface area contributed by atoms with Gasteiger partial charge in [-0.25, -0.2) is 0 Å². The van der Waals surface area contributed by atoms with E-state index in [0.29, 0.717) is 5.57 Å². The normalized spacial score (nSPS) is 19.8. The molecule has 26 heavy (non-hydrogen) atoms. The quantitative estimate of drug-likeness (QED) is 0.835. The fraction of sp³-hybridized carbons (Fsp3) is 0.174. The number of nitriles is 1. The number of nitrogens with zero attached hydrogens (tertiary/aromatic N) is 1. The van der Waals surface area contributed by atoms with Crippen molar-refractivity contribution in [3.8, 4) is 6.07 Å². The van der Waals surface area contributed by atoms with Crippen LogP contribution in [0.15, 0.2) is 89.5 Å². The van der Waals surface area contributed by atoms with Gasteiger partial charge in [0.2, 0.25) is 5.88 Å². The lowest BCUT2D eigenvalue weighted by Gasteiger charge is -2.27. The van der Waals surface area contributed by atoms with Crippen LogP contribution in [-0.4, -0.2) is 0 Å². The van der Waals surface area contributed by atoms with Crippen LogP contribution < -0.4 is 5.73 Å². The van der Waals surface area contributed by atoms with Crippen molar-refractivity contribution in [2.75, 3.05) is 0 Å². The van der Waals surface area contributed by atoms with Crippen molar-refractivity contribution in [3.05, 3.63) is 101 Å².